The summed E-state index contributed by atoms with van der Waals surface area (Å²) in [5.74, 6) is 0.826. The molecule has 0 aromatic carbocycles. The van der Waals surface area contributed by atoms with Gasteiger partial charge in [-0.05, 0) is 19.4 Å². The zero-order valence-corrected chi connectivity index (χ0v) is 9.33. The van der Waals surface area contributed by atoms with Crippen LogP contribution in [-0.4, -0.2) is 53.3 Å². The second kappa shape index (κ2) is 4.07. The standard InChI is InChI=1S/C10H17ClN2O/c1-8(14)12-6-9-3-2-4-13(9)10(5-11)7-12/h9-10H,2-7H2,1H3. The number of alkyl halides is 1. The first-order chi connectivity index (χ1) is 6.72. The Labute approximate surface area is 90.0 Å². The van der Waals surface area contributed by atoms with Gasteiger partial charge in [-0.3, -0.25) is 9.69 Å². The predicted octanol–water partition coefficient (Wildman–Crippen LogP) is 0.920. The number of carbonyl (C=O) groups is 1. The molecule has 2 unspecified atom stereocenters. The number of fused-ring (bicyclic) bond motifs is 1. The largest absolute Gasteiger partial charge is 0.340 e. The molecule has 0 aliphatic carbocycles. The molecule has 2 saturated heterocycles. The van der Waals surface area contributed by atoms with Gasteiger partial charge in [0.05, 0.1) is 0 Å². The van der Waals surface area contributed by atoms with Crippen molar-refractivity contribution < 1.29 is 4.79 Å². The van der Waals surface area contributed by atoms with Gasteiger partial charge >= 0.3 is 0 Å². The van der Waals surface area contributed by atoms with Crippen LogP contribution in [0.2, 0.25) is 0 Å². The Morgan fingerprint density at radius 1 is 1.50 bits per heavy atom. The van der Waals surface area contributed by atoms with E-state index < -0.39 is 0 Å². The van der Waals surface area contributed by atoms with Crippen LogP contribution in [0, 0.1) is 0 Å². The van der Waals surface area contributed by atoms with Crippen molar-refractivity contribution in [3.8, 4) is 0 Å². The number of hydrogen-bond donors (Lipinski definition) is 0. The first-order valence-corrected chi connectivity index (χ1v) is 5.83. The molecule has 14 heavy (non-hydrogen) atoms. The van der Waals surface area contributed by atoms with Crippen LogP contribution >= 0.6 is 11.6 Å². The maximum absolute atomic E-state index is 11.3. The van der Waals surface area contributed by atoms with Crippen molar-refractivity contribution >= 4 is 17.5 Å². The van der Waals surface area contributed by atoms with Crippen LogP contribution in [0.1, 0.15) is 19.8 Å². The van der Waals surface area contributed by atoms with Gasteiger partial charge in [0.15, 0.2) is 0 Å². The topological polar surface area (TPSA) is 23.6 Å². The number of amides is 1. The summed E-state index contributed by atoms with van der Waals surface area (Å²) >= 11 is 5.94. The summed E-state index contributed by atoms with van der Waals surface area (Å²) in [6.07, 6.45) is 2.47. The van der Waals surface area contributed by atoms with Crippen molar-refractivity contribution in [1.29, 1.82) is 0 Å². The van der Waals surface area contributed by atoms with Gasteiger partial charge in [0.2, 0.25) is 5.91 Å². The number of piperazine rings is 1. The van der Waals surface area contributed by atoms with Crippen molar-refractivity contribution in [2.24, 2.45) is 0 Å². The molecule has 2 rings (SSSR count). The Morgan fingerprint density at radius 3 is 2.93 bits per heavy atom. The zero-order valence-electron chi connectivity index (χ0n) is 8.58. The molecular formula is C10H17ClN2O. The van der Waals surface area contributed by atoms with Crippen molar-refractivity contribution in [3.05, 3.63) is 0 Å². The molecule has 4 heteroatoms. The van der Waals surface area contributed by atoms with E-state index in [2.05, 4.69) is 4.90 Å². The van der Waals surface area contributed by atoms with Gasteiger partial charge in [0.1, 0.15) is 0 Å². The average Bonchev–Trinajstić information content (AvgIpc) is 2.63. The third kappa shape index (κ3) is 1.75. The van der Waals surface area contributed by atoms with E-state index in [1.165, 1.54) is 12.8 Å². The minimum atomic E-state index is 0.187. The van der Waals surface area contributed by atoms with E-state index in [4.69, 9.17) is 11.6 Å². The van der Waals surface area contributed by atoms with Gasteiger partial charge < -0.3 is 4.90 Å². The molecule has 3 nitrogen and oxygen atoms in total. The molecule has 0 spiro atoms. The Balaban J connectivity index is 2.07. The van der Waals surface area contributed by atoms with E-state index in [0.29, 0.717) is 18.0 Å². The van der Waals surface area contributed by atoms with E-state index in [9.17, 15) is 4.79 Å². The van der Waals surface area contributed by atoms with Crippen LogP contribution in [-0.2, 0) is 4.79 Å². The highest BCUT2D eigenvalue weighted by molar-refractivity contribution is 6.18. The maximum Gasteiger partial charge on any atom is 0.219 e. The Hall–Kier alpha value is -0.280. The maximum atomic E-state index is 11.3. The minimum Gasteiger partial charge on any atom is -0.340 e. The van der Waals surface area contributed by atoms with Gasteiger partial charge in [-0.1, -0.05) is 0 Å². The Kier molecular flexibility index (Phi) is 2.98. The minimum absolute atomic E-state index is 0.187. The smallest absolute Gasteiger partial charge is 0.219 e. The zero-order chi connectivity index (χ0) is 10.1. The number of hydrogen-bond acceptors (Lipinski definition) is 2. The van der Waals surface area contributed by atoms with Crippen LogP contribution in [0.15, 0.2) is 0 Å². The molecule has 0 aromatic heterocycles. The first kappa shape index (κ1) is 10.2. The summed E-state index contributed by atoms with van der Waals surface area (Å²) in [6.45, 7) is 4.53. The van der Waals surface area contributed by atoms with Crippen molar-refractivity contribution in [2.45, 2.75) is 31.8 Å². The molecule has 2 atom stereocenters. The quantitative estimate of drug-likeness (QED) is 0.609. The van der Waals surface area contributed by atoms with Crippen molar-refractivity contribution in [3.63, 3.8) is 0 Å². The number of halogens is 1. The van der Waals surface area contributed by atoms with Crippen LogP contribution in [0.3, 0.4) is 0 Å². The highest BCUT2D eigenvalue weighted by Crippen LogP contribution is 2.26. The summed E-state index contributed by atoms with van der Waals surface area (Å²) in [7, 11) is 0. The lowest BCUT2D eigenvalue weighted by Gasteiger charge is -2.42. The Bertz CT molecular complexity index is 234. The molecule has 0 aromatic rings. The van der Waals surface area contributed by atoms with Crippen LogP contribution < -0.4 is 0 Å². The van der Waals surface area contributed by atoms with Crippen molar-refractivity contribution in [1.82, 2.24) is 9.80 Å². The summed E-state index contributed by atoms with van der Waals surface area (Å²) in [6, 6.07) is 0.943. The summed E-state index contributed by atoms with van der Waals surface area (Å²) in [5, 5.41) is 0. The van der Waals surface area contributed by atoms with E-state index >= 15 is 0 Å². The summed E-state index contributed by atoms with van der Waals surface area (Å²) in [5.41, 5.74) is 0. The van der Waals surface area contributed by atoms with E-state index in [0.717, 1.165) is 19.6 Å². The van der Waals surface area contributed by atoms with Crippen LogP contribution in [0.5, 0.6) is 0 Å². The molecule has 2 heterocycles. The number of rotatable bonds is 1. The van der Waals surface area contributed by atoms with Gasteiger partial charge in [-0.15, -0.1) is 11.6 Å². The lowest BCUT2D eigenvalue weighted by molar-refractivity contribution is -0.132. The van der Waals surface area contributed by atoms with E-state index in [1.54, 1.807) is 6.92 Å². The van der Waals surface area contributed by atoms with E-state index in [-0.39, 0.29) is 5.91 Å². The number of nitrogens with zero attached hydrogens (tertiary/aromatic N) is 2. The predicted molar refractivity (Wildman–Crippen MR) is 56.5 cm³/mol. The van der Waals surface area contributed by atoms with Crippen LogP contribution in [0.4, 0.5) is 0 Å². The molecule has 2 aliphatic rings. The van der Waals surface area contributed by atoms with Crippen LogP contribution in [0.25, 0.3) is 0 Å². The third-order valence-electron chi connectivity index (χ3n) is 3.38. The molecule has 2 fully saturated rings. The lowest BCUT2D eigenvalue weighted by atomic mass is 10.1. The summed E-state index contributed by atoms with van der Waals surface area (Å²) in [4.78, 5) is 15.7. The lowest BCUT2D eigenvalue weighted by Crippen LogP contribution is -2.57. The van der Waals surface area contributed by atoms with Gasteiger partial charge in [0.25, 0.3) is 0 Å². The van der Waals surface area contributed by atoms with Gasteiger partial charge in [-0.2, -0.15) is 0 Å². The summed E-state index contributed by atoms with van der Waals surface area (Å²) < 4.78 is 0. The van der Waals surface area contributed by atoms with E-state index in [1.807, 2.05) is 4.90 Å². The normalized spacial score (nSPS) is 33.1. The molecule has 0 radical (unpaired) electrons. The monoisotopic (exact) mass is 216 g/mol. The third-order valence-corrected chi connectivity index (χ3v) is 3.73. The van der Waals surface area contributed by atoms with Gasteiger partial charge in [0, 0.05) is 38.0 Å². The first-order valence-electron chi connectivity index (χ1n) is 5.29. The molecule has 80 valence electrons. The average molecular weight is 217 g/mol. The SMILES string of the molecule is CC(=O)N1CC(CCl)N2CCCC2C1. The fourth-order valence-electron chi connectivity index (χ4n) is 2.62. The molecule has 0 bridgehead atoms. The van der Waals surface area contributed by atoms with Gasteiger partial charge in [-0.25, -0.2) is 0 Å². The molecule has 0 N–H and O–H groups in total. The second-order valence-electron chi connectivity index (χ2n) is 4.27. The second-order valence-corrected chi connectivity index (χ2v) is 4.57. The molecular weight excluding hydrogens is 200 g/mol. The number of carbonyl (C=O) groups excluding carboxylic acids is 1. The molecule has 2 aliphatic heterocycles. The fourth-order valence-corrected chi connectivity index (χ4v) is 2.89. The Morgan fingerprint density at radius 2 is 2.29 bits per heavy atom. The molecule has 0 saturated carbocycles. The fraction of sp³-hybridized carbons (Fsp3) is 0.900. The van der Waals surface area contributed by atoms with Crippen molar-refractivity contribution in [2.75, 3.05) is 25.5 Å². The molecule has 1 amide bonds. The highest BCUT2D eigenvalue weighted by Gasteiger charge is 2.37. The highest BCUT2D eigenvalue weighted by atomic mass is 35.5.